The SMILES string of the molecule is COc1ccc(C2=NN3C(C2)c2cc(Br)ccc2OC3c2cc(Br)c(OC(C)=O)c(OC)c2)cc1. The first kappa shape index (κ1) is 23.7. The van der Waals surface area contributed by atoms with Crippen LogP contribution in [0.1, 0.15) is 42.3 Å². The molecule has 0 spiro atoms. The number of carbonyl (C=O) groups excluding carboxylic acids is 1. The standard InChI is InChI=1S/C26H22Br2N2O5/c1-14(31)34-25-20(28)10-16(11-24(25)33-3)26-30-22(19-12-17(27)6-9-23(19)35-26)13-21(29-30)15-4-7-18(32-2)8-5-15/h4-12,22,26H,13H2,1-3H3. The van der Waals surface area contributed by atoms with E-state index in [9.17, 15) is 4.79 Å². The van der Waals surface area contributed by atoms with Crippen molar-refractivity contribution in [3.8, 4) is 23.0 Å². The minimum Gasteiger partial charge on any atom is -0.497 e. The summed E-state index contributed by atoms with van der Waals surface area (Å²) in [5, 5.41) is 6.99. The van der Waals surface area contributed by atoms with Crippen molar-refractivity contribution in [3.63, 3.8) is 0 Å². The summed E-state index contributed by atoms with van der Waals surface area (Å²) in [5.74, 6) is 1.91. The fourth-order valence-corrected chi connectivity index (χ4v) is 5.28. The first-order valence-electron chi connectivity index (χ1n) is 10.9. The molecule has 3 aromatic rings. The maximum absolute atomic E-state index is 11.6. The lowest BCUT2D eigenvalue weighted by Gasteiger charge is -2.38. The molecule has 5 rings (SSSR count). The zero-order valence-corrected chi connectivity index (χ0v) is 22.4. The summed E-state index contributed by atoms with van der Waals surface area (Å²) in [6.45, 7) is 1.35. The van der Waals surface area contributed by atoms with E-state index >= 15 is 0 Å². The van der Waals surface area contributed by atoms with Crippen LogP contribution >= 0.6 is 31.9 Å². The zero-order chi connectivity index (χ0) is 24.7. The van der Waals surface area contributed by atoms with Crippen molar-refractivity contribution < 1.29 is 23.7 Å². The number of benzene rings is 3. The molecule has 0 saturated carbocycles. The smallest absolute Gasteiger partial charge is 0.308 e. The molecule has 2 aliphatic heterocycles. The molecule has 0 radical (unpaired) electrons. The number of carbonyl (C=O) groups is 1. The van der Waals surface area contributed by atoms with Crippen LogP contribution in [0, 0.1) is 0 Å². The van der Waals surface area contributed by atoms with E-state index in [1.807, 2.05) is 53.5 Å². The molecular formula is C26H22Br2N2O5. The Labute approximate surface area is 219 Å². The fraction of sp³-hybridized carbons (Fsp3) is 0.231. The maximum atomic E-state index is 11.6. The average Bonchev–Trinajstić information content (AvgIpc) is 3.30. The van der Waals surface area contributed by atoms with Gasteiger partial charge in [0.05, 0.1) is 30.4 Å². The number of fused-ring (bicyclic) bond motifs is 3. The Morgan fingerprint density at radius 1 is 1.06 bits per heavy atom. The normalized spacial score (nSPS) is 18.2. The molecule has 2 unspecified atom stereocenters. The predicted octanol–water partition coefficient (Wildman–Crippen LogP) is 6.40. The van der Waals surface area contributed by atoms with Crippen LogP contribution in [-0.2, 0) is 4.79 Å². The molecule has 7 nitrogen and oxygen atoms in total. The highest BCUT2D eigenvalue weighted by atomic mass is 79.9. The second-order valence-corrected chi connectivity index (χ2v) is 9.93. The highest BCUT2D eigenvalue weighted by Crippen LogP contribution is 2.50. The molecular weight excluding hydrogens is 580 g/mol. The van der Waals surface area contributed by atoms with Crippen LogP contribution in [0.2, 0.25) is 0 Å². The van der Waals surface area contributed by atoms with Crippen molar-refractivity contribution in [1.29, 1.82) is 0 Å². The van der Waals surface area contributed by atoms with Crippen LogP contribution in [-0.4, -0.2) is 30.9 Å². The van der Waals surface area contributed by atoms with Gasteiger partial charge in [-0.05, 0) is 76.1 Å². The summed E-state index contributed by atoms with van der Waals surface area (Å²) in [7, 11) is 3.18. The van der Waals surface area contributed by atoms with Crippen LogP contribution in [0.15, 0.2) is 68.6 Å². The topological polar surface area (TPSA) is 69.6 Å². The van der Waals surface area contributed by atoms with Crippen molar-refractivity contribution in [2.24, 2.45) is 5.10 Å². The lowest BCUT2D eigenvalue weighted by atomic mass is 9.96. The van der Waals surface area contributed by atoms with Crippen molar-refractivity contribution in [1.82, 2.24) is 5.01 Å². The van der Waals surface area contributed by atoms with Gasteiger partial charge in [0.25, 0.3) is 0 Å². The molecule has 0 fully saturated rings. The molecule has 2 atom stereocenters. The van der Waals surface area contributed by atoms with E-state index < -0.39 is 12.2 Å². The van der Waals surface area contributed by atoms with Gasteiger partial charge in [-0.1, -0.05) is 15.9 Å². The van der Waals surface area contributed by atoms with Gasteiger partial charge in [-0.15, -0.1) is 0 Å². The maximum Gasteiger partial charge on any atom is 0.308 e. The molecule has 0 aromatic heterocycles. The predicted molar refractivity (Wildman–Crippen MR) is 138 cm³/mol. The number of halogens is 2. The molecule has 0 amide bonds. The number of ether oxygens (including phenoxy) is 4. The summed E-state index contributed by atoms with van der Waals surface area (Å²) in [4.78, 5) is 11.6. The van der Waals surface area contributed by atoms with E-state index in [2.05, 4.69) is 37.9 Å². The Bertz CT molecular complexity index is 1330. The number of hydrazone groups is 1. The summed E-state index contributed by atoms with van der Waals surface area (Å²) in [6.07, 6.45) is 0.209. The molecule has 2 heterocycles. The molecule has 9 heteroatoms. The van der Waals surface area contributed by atoms with Gasteiger partial charge in [-0.2, -0.15) is 5.10 Å². The number of rotatable bonds is 5. The third-order valence-corrected chi connectivity index (χ3v) is 7.04. The molecule has 0 saturated heterocycles. The first-order chi connectivity index (χ1) is 16.9. The van der Waals surface area contributed by atoms with Gasteiger partial charge in [0, 0.05) is 28.9 Å². The van der Waals surface area contributed by atoms with Crippen LogP contribution in [0.3, 0.4) is 0 Å². The van der Waals surface area contributed by atoms with Gasteiger partial charge in [-0.25, -0.2) is 5.01 Å². The number of nitrogens with zero attached hydrogens (tertiary/aromatic N) is 2. The number of hydrogen-bond acceptors (Lipinski definition) is 7. The molecule has 2 aliphatic rings. The molecule has 180 valence electrons. The molecule has 0 N–H and O–H groups in total. The summed E-state index contributed by atoms with van der Waals surface area (Å²) < 4.78 is 24.2. The second kappa shape index (κ2) is 9.54. The van der Waals surface area contributed by atoms with Gasteiger partial charge in [0.1, 0.15) is 11.5 Å². The summed E-state index contributed by atoms with van der Waals surface area (Å²) in [5.41, 5.74) is 3.86. The molecule has 0 aliphatic carbocycles. The Hall–Kier alpha value is -3.04. The highest BCUT2D eigenvalue weighted by Gasteiger charge is 2.41. The Kier molecular flexibility index (Phi) is 6.46. The van der Waals surface area contributed by atoms with Crippen LogP contribution in [0.5, 0.6) is 23.0 Å². The third-order valence-electron chi connectivity index (χ3n) is 5.96. The monoisotopic (exact) mass is 600 g/mol. The minimum absolute atomic E-state index is 0.0173. The lowest BCUT2D eigenvalue weighted by molar-refractivity contribution is -0.132. The van der Waals surface area contributed by atoms with Gasteiger partial charge in [-0.3, -0.25) is 4.79 Å². The van der Waals surface area contributed by atoms with E-state index in [-0.39, 0.29) is 6.04 Å². The number of methoxy groups -OCH3 is 2. The Morgan fingerprint density at radius 3 is 2.51 bits per heavy atom. The van der Waals surface area contributed by atoms with Gasteiger partial charge >= 0.3 is 5.97 Å². The lowest BCUT2D eigenvalue weighted by Crippen LogP contribution is -2.33. The van der Waals surface area contributed by atoms with Crippen LogP contribution in [0.4, 0.5) is 0 Å². The number of hydrogen-bond donors (Lipinski definition) is 0. The van der Waals surface area contributed by atoms with Gasteiger partial charge < -0.3 is 18.9 Å². The van der Waals surface area contributed by atoms with Crippen molar-refractivity contribution in [2.75, 3.05) is 14.2 Å². The molecule has 3 aromatic carbocycles. The summed E-state index contributed by atoms with van der Waals surface area (Å²) >= 11 is 7.11. The first-order valence-corrected chi connectivity index (χ1v) is 12.5. The van der Waals surface area contributed by atoms with Gasteiger partial charge in [0.2, 0.25) is 6.23 Å². The van der Waals surface area contributed by atoms with Gasteiger partial charge in [0.15, 0.2) is 11.5 Å². The molecule has 0 bridgehead atoms. The van der Waals surface area contributed by atoms with Crippen molar-refractivity contribution in [3.05, 3.63) is 80.2 Å². The largest absolute Gasteiger partial charge is 0.497 e. The zero-order valence-electron chi connectivity index (χ0n) is 19.2. The van der Waals surface area contributed by atoms with Crippen LogP contribution < -0.4 is 18.9 Å². The summed E-state index contributed by atoms with van der Waals surface area (Å²) in [6, 6.07) is 17.6. The fourth-order valence-electron chi connectivity index (χ4n) is 4.36. The van der Waals surface area contributed by atoms with Crippen LogP contribution in [0.25, 0.3) is 0 Å². The number of esters is 1. The minimum atomic E-state index is -0.513. The highest BCUT2D eigenvalue weighted by molar-refractivity contribution is 9.10. The Morgan fingerprint density at radius 2 is 1.83 bits per heavy atom. The third kappa shape index (κ3) is 4.50. The molecule has 35 heavy (non-hydrogen) atoms. The quantitative estimate of drug-likeness (QED) is 0.249. The van der Waals surface area contributed by atoms with E-state index in [1.165, 1.54) is 14.0 Å². The van der Waals surface area contributed by atoms with E-state index in [4.69, 9.17) is 24.0 Å². The van der Waals surface area contributed by atoms with E-state index in [0.29, 0.717) is 16.0 Å². The van der Waals surface area contributed by atoms with Crippen molar-refractivity contribution in [2.45, 2.75) is 25.6 Å². The van der Waals surface area contributed by atoms with E-state index in [0.717, 1.165) is 44.8 Å². The Balaban J connectivity index is 1.59. The average molecular weight is 602 g/mol. The second-order valence-electron chi connectivity index (χ2n) is 8.16. The van der Waals surface area contributed by atoms with Crippen molar-refractivity contribution >= 4 is 43.5 Å². The van der Waals surface area contributed by atoms with E-state index in [1.54, 1.807) is 7.11 Å².